The Morgan fingerprint density at radius 2 is 2.15 bits per heavy atom. The van der Waals surface area contributed by atoms with Gasteiger partial charge in [0, 0.05) is 42.9 Å². The minimum atomic E-state index is 0.0239. The van der Waals surface area contributed by atoms with Crippen LogP contribution in [0.3, 0.4) is 0 Å². The van der Waals surface area contributed by atoms with E-state index in [1.54, 1.807) is 0 Å². The maximum absolute atomic E-state index is 12.3. The number of rotatable bonds is 5. The van der Waals surface area contributed by atoms with Gasteiger partial charge in [-0.25, -0.2) is 0 Å². The van der Waals surface area contributed by atoms with E-state index in [4.69, 9.17) is 4.74 Å². The van der Waals surface area contributed by atoms with E-state index in [9.17, 15) is 4.79 Å². The third-order valence-corrected chi connectivity index (χ3v) is 4.24. The molecule has 2 aliphatic rings. The average molecular weight is 342 g/mol. The lowest BCUT2D eigenvalue weighted by molar-refractivity contribution is 0.0383. The lowest BCUT2D eigenvalue weighted by atomic mass is 10.3. The summed E-state index contributed by atoms with van der Waals surface area (Å²) in [5.74, 6) is 0.0239. The molecule has 110 valence electrons. The van der Waals surface area contributed by atoms with Crippen LogP contribution in [0.4, 0.5) is 0 Å². The second-order valence-electron chi connectivity index (χ2n) is 5.39. The number of morpholine rings is 1. The number of nitrogens with zero attached hydrogens (tertiary/aromatic N) is 2. The molecular weight excluding hydrogens is 322 g/mol. The van der Waals surface area contributed by atoms with Crippen molar-refractivity contribution in [3.8, 4) is 0 Å². The normalized spacial score (nSPS) is 20.1. The van der Waals surface area contributed by atoms with Crippen LogP contribution in [0.15, 0.2) is 16.7 Å². The summed E-state index contributed by atoms with van der Waals surface area (Å²) in [7, 11) is 0. The molecule has 3 rings (SSSR count). The summed E-state index contributed by atoms with van der Waals surface area (Å²) < 4.78 is 8.38. The highest BCUT2D eigenvalue weighted by Gasteiger charge is 2.27. The van der Waals surface area contributed by atoms with Crippen molar-refractivity contribution in [2.75, 3.05) is 39.4 Å². The van der Waals surface area contributed by atoms with Gasteiger partial charge in [0.25, 0.3) is 5.91 Å². The molecule has 1 N–H and O–H groups in total. The molecule has 1 aliphatic heterocycles. The van der Waals surface area contributed by atoms with Gasteiger partial charge >= 0.3 is 0 Å². The van der Waals surface area contributed by atoms with E-state index in [0.29, 0.717) is 12.6 Å². The van der Waals surface area contributed by atoms with E-state index >= 15 is 0 Å². The van der Waals surface area contributed by atoms with Crippen LogP contribution in [-0.4, -0.2) is 54.8 Å². The zero-order chi connectivity index (χ0) is 13.9. The molecule has 0 spiro atoms. The van der Waals surface area contributed by atoms with Crippen LogP contribution in [-0.2, 0) is 4.74 Å². The summed E-state index contributed by atoms with van der Waals surface area (Å²) in [5.41, 5.74) is 0.765. The van der Waals surface area contributed by atoms with Crippen LogP contribution in [0.1, 0.15) is 29.4 Å². The first-order valence-corrected chi connectivity index (χ1v) is 7.99. The Hall–Kier alpha value is -0.850. The number of hydrogen-bond acceptors (Lipinski definition) is 3. The van der Waals surface area contributed by atoms with E-state index in [2.05, 4.69) is 30.7 Å². The number of carbonyl (C=O) groups is 1. The molecule has 1 amide bonds. The fourth-order valence-electron chi connectivity index (χ4n) is 2.53. The number of halogens is 1. The van der Waals surface area contributed by atoms with Crippen molar-refractivity contribution >= 4 is 21.8 Å². The molecule has 6 heteroatoms. The fourth-order valence-corrected chi connectivity index (χ4v) is 2.96. The maximum Gasteiger partial charge on any atom is 0.268 e. The molecule has 1 aromatic heterocycles. The Morgan fingerprint density at radius 1 is 1.40 bits per heavy atom. The number of hydrogen-bond donors (Lipinski definition) is 1. The molecule has 5 nitrogen and oxygen atoms in total. The lowest BCUT2D eigenvalue weighted by Crippen LogP contribution is -2.41. The number of carbonyl (C=O) groups excluding carboxylic acids is 1. The van der Waals surface area contributed by atoms with Gasteiger partial charge in [-0.05, 0) is 34.8 Å². The Morgan fingerprint density at radius 3 is 2.85 bits per heavy atom. The highest BCUT2D eigenvalue weighted by atomic mass is 79.9. The first-order chi connectivity index (χ1) is 9.74. The van der Waals surface area contributed by atoms with Gasteiger partial charge in [0.05, 0.1) is 13.2 Å². The second kappa shape index (κ2) is 6.28. The molecule has 0 atom stereocenters. The van der Waals surface area contributed by atoms with Crippen LogP contribution in [0.5, 0.6) is 0 Å². The van der Waals surface area contributed by atoms with E-state index in [1.807, 2.05) is 12.3 Å². The zero-order valence-corrected chi connectivity index (χ0v) is 13.1. The largest absolute Gasteiger partial charge is 0.379 e. The Bertz CT molecular complexity index is 479. The highest BCUT2D eigenvalue weighted by molar-refractivity contribution is 9.10. The standard InChI is InChI=1S/C14H20BrN3O2/c15-11-9-13(18(10-11)12-1-2-12)14(19)16-3-4-17-5-7-20-8-6-17/h9-10,12H,1-8H2,(H,16,19). The van der Waals surface area contributed by atoms with Gasteiger partial charge in [-0.1, -0.05) is 0 Å². The maximum atomic E-state index is 12.3. The van der Waals surface area contributed by atoms with Crippen molar-refractivity contribution in [1.82, 2.24) is 14.8 Å². The molecule has 1 aromatic rings. The summed E-state index contributed by atoms with van der Waals surface area (Å²) in [4.78, 5) is 14.6. The van der Waals surface area contributed by atoms with Gasteiger partial charge in [0.15, 0.2) is 0 Å². The van der Waals surface area contributed by atoms with Crippen LogP contribution >= 0.6 is 15.9 Å². The van der Waals surface area contributed by atoms with Gasteiger partial charge in [-0.3, -0.25) is 9.69 Å². The van der Waals surface area contributed by atoms with Gasteiger partial charge < -0.3 is 14.6 Å². The monoisotopic (exact) mass is 341 g/mol. The molecule has 0 unspecified atom stereocenters. The minimum Gasteiger partial charge on any atom is -0.379 e. The van der Waals surface area contributed by atoms with Crippen LogP contribution in [0.2, 0.25) is 0 Å². The van der Waals surface area contributed by atoms with E-state index in [-0.39, 0.29) is 5.91 Å². The van der Waals surface area contributed by atoms with Crippen molar-refractivity contribution in [2.45, 2.75) is 18.9 Å². The quantitative estimate of drug-likeness (QED) is 0.885. The van der Waals surface area contributed by atoms with E-state index in [1.165, 1.54) is 12.8 Å². The lowest BCUT2D eigenvalue weighted by Gasteiger charge is -2.26. The summed E-state index contributed by atoms with van der Waals surface area (Å²) in [6.07, 6.45) is 4.36. The Balaban J connectivity index is 1.51. The summed E-state index contributed by atoms with van der Waals surface area (Å²) in [5, 5.41) is 3.02. The number of amides is 1. The molecule has 2 fully saturated rings. The molecule has 20 heavy (non-hydrogen) atoms. The van der Waals surface area contributed by atoms with Crippen molar-refractivity contribution in [2.24, 2.45) is 0 Å². The molecule has 0 radical (unpaired) electrons. The molecule has 0 aromatic carbocycles. The number of nitrogens with one attached hydrogen (secondary N) is 1. The van der Waals surface area contributed by atoms with Crippen LogP contribution in [0, 0.1) is 0 Å². The Labute approximate surface area is 127 Å². The van der Waals surface area contributed by atoms with Crippen molar-refractivity contribution < 1.29 is 9.53 Å². The van der Waals surface area contributed by atoms with Crippen LogP contribution in [0.25, 0.3) is 0 Å². The SMILES string of the molecule is O=C(NCCN1CCOCC1)c1cc(Br)cn1C1CC1. The third kappa shape index (κ3) is 3.42. The predicted molar refractivity (Wildman–Crippen MR) is 80.0 cm³/mol. The van der Waals surface area contributed by atoms with Gasteiger partial charge in [-0.15, -0.1) is 0 Å². The molecule has 1 aliphatic carbocycles. The molecule has 0 bridgehead atoms. The van der Waals surface area contributed by atoms with E-state index in [0.717, 1.165) is 43.0 Å². The predicted octanol–water partition coefficient (Wildman–Crippen LogP) is 1.65. The average Bonchev–Trinajstić information content (AvgIpc) is 3.22. The summed E-state index contributed by atoms with van der Waals surface area (Å²) >= 11 is 3.46. The van der Waals surface area contributed by atoms with Gasteiger partial charge in [0.1, 0.15) is 5.69 Å². The van der Waals surface area contributed by atoms with Crippen molar-refractivity contribution in [3.63, 3.8) is 0 Å². The number of ether oxygens (including phenoxy) is 1. The fraction of sp³-hybridized carbons (Fsp3) is 0.643. The smallest absolute Gasteiger partial charge is 0.268 e. The summed E-state index contributed by atoms with van der Waals surface area (Å²) in [6, 6.07) is 2.42. The van der Waals surface area contributed by atoms with Crippen molar-refractivity contribution in [1.29, 1.82) is 0 Å². The molecule has 1 saturated heterocycles. The molecule has 1 saturated carbocycles. The zero-order valence-electron chi connectivity index (χ0n) is 11.5. The first kappa shape index (κ1) is 14.1. The molecular formula is C14H20BrN3O2. The number of aromatic nitrogens is 1. The second-order valence-corrected chi connectivity index (χ2v) is 6.31. The van der Waals surface area contributed by atoms with Gasteiger partial charge in [-0.2, -0.15) is 0 Å². The molecule has 2 heterocycles. The highest BCUT2D eigenvalue weighted by Crippen LogP contribution is 2.37. The van der Waals surface area contributed by atoms with E-state index < -0.39 is 0 Å². The van der Waals surface area contributed by atoms with Gasteiger partial charge in [0.2, 0.25) is 0 Å². The van der Waals surface area contributed by atoms with Crippen molar-refractivity contribution in [3.05, 3.63) is 22.4 Å². The summed E-state index contributed by atoms with van der Waals surface area (Å²) in [6.45, 7) is 5.09. The minimum absolute atomic E-state index is 0.0239. The Kier molecular flexibility index (Phi) is 4.43. The first-order valence-electron chi connectivity index (χ1n) is 7.20. The topological polar surface area (TPSA) is 46.5 Å². The van der Waals surface area contributed by atoms with Crippen LogP contribution < -0.4 is 5.32 Å². The third-order valence-electron chi connectivity index (χ3n) is 3.81.